The molecule has 0 radical (unpaired) electrons. The number of hydrogen-bond donors (Lipinski definition) is 1. The molecule has 0 spiro atoms. The maximum absolute atomic E-state index is 13.2. The van der Waals surface area contributed by atoms with Crippen LogP contribution in [0.1, 0.15) is 40.3 Å². The van der Waals surface area contributed by atoms with Crippen LogP contribution in [0.15, 0.2) is 24.3 Å². The van der Waals surface area contributed by atoms with Crippen molar-refractivity contribution >= 4 is 17.3 Å². The molecule has 0 aliphatic carbocycles. The Morgan fingerprint density at radius 3 is 2.59 bits per heavy atom. The van der Waals surface area contributed by atoms with Gasteiger partial charge in [-0.15, -0.1) is 0 Å². The molecular formula is C22H26N6O. The summed E-state index contributed by atoms with van der Waals surface area (Å²) in [5.74, 6) is 0.599. The molecule has 0 bridgehead atoms. The lowest BCUT2D eigenvalue weighted by molar-refractivity contribution is -0.118. The number of rotatable bonds is 3. The Labute approximate surface area is 170 Å². The summed E-state index contributed by atoms with van der Waals surface area (Å²) in [4.78, 5) is 24.1. The van der Waals surface area contributed by atoms with Crippen molar-refractivity contribution in [2.75, 3.05) is 17.2 Å². The van der Waals surface area contributed by atoms with Crippen molar-refractivity contribution in [2.45, 2.75) is 47.0 Å². The first-order valence-electron chi connectivity index (χ1n) is 9.90. The van der Waals surface area contributed by atoms with Crippen LogP contribution in [0.3, 0.4) is 0 Å². The number of amides is 1. The van der Waals surface area contributed by atoms with E-state index in [1.54, 1.807) is 4.68 Å². The Morgan fingerprint density at radius 2 is 1.86 bits per heavy atom. The largest absolute Gasteiger partial charge is 0.398 e. The minimum absolute atomic E-state index is 0.0589. The van der Waals surface area contributed by atoms with Crippen LogP contribution in [0, 0.1) is 27.7 Å². The van der Waals surface area contributed by atoms with E-state index in [4.69, 9.17) is 5.73 Å². The molecule has 29 heavy (non-hydrogen) atoms. The van der Waals surface area contributed by atoms with Gasteiger partial charge < -0.3 is 10.6 Å². The number of hydrogen-bond acceptors (Lipinski definition) is 5. The van der Waals surface area contributed by atoms with Crippen LogP contribution in [-0.2, 0) is 17.6 Å². The number of aromatic nitrogens is 4. The summed E-state index contributed by atoms with van der Waals surface area (Å²) in [7, 11) is 0. The minimum atomic E-state index is 0.0589. The first kappa shape index (κ1) is 19.1. The number of nitrogens with two attached hydrogens (primary N) is 1. The molecule has 7 heteroatoms. The molecule has 0 saturated carbocycles. The number of aryl methyl sites for hydroxylation is 3. The van der Waals surface area contributed by atoms with Crippen LogP contribution in [-0.4, -0.2) is 32.2 Å². The summed E-state index contributed by atoms with van der Waals surface area (Å²) < 4.78 is 1.74. The third kappa shape index (κ3) is 3.48. The molecule has 4 rings (SSSR count). The normalized spacial score (nSPS) is 13.4. The van der Waals surface area contributed by atoms with Gasteiger partial charge >= 0.3 is 0 Å². The predicted molar refractivity (Wildman–Crippen MR) is 113 cm³/mol. The zero-order valence-corrected chi connectivity index (χ0v) is 17.4. The van der Waals surface area contributed by atoms with E-state index in [-0.39, 0.29) is 12.3 Å². The molecule has 2 N–H and O–H groups in total. The molecule has 1 aromatic carbocycles. The highest BCUT2D eigenvalue weighted by Crippen LogP contribution is 2.32. The van der Waals surface area contributed by atoms with Gasteiger partial charge in [0.1, 0.15) is 0 Å². The lowest BCUT2D eigenvalue weighted by atomic mass is 9.99. The van der Waals surface area contributed by atoms with E-state index in [9.17, 15) is 4.79 Å². The molecule has 3 heterocycles. The Hall–Kier alpha value is -3.22. The number of anilines is 2. The third-order valence-electron chi connectivity index (χ3n) is 5.52. The van der Waals surface area contributed by atoms with E-state index in [1.807, 2.05) is 56.9 Å². The van der Waals surface area contributed by atoms with Crippen molar-refractivity contribution in [2.24, 2.45) is 0 Å². The topological polar surface area (TPSA) is 89.9 Å². The van der Waals surface area contributed by atoms with E-state index >= 15 is 0 Å². The molecule has 3 aromatic rings. The van der Waals surface area contributed by atoms with Crippen LogP contribution >= 0.6 is 0 Å². The SMILES string of the molecule is Cc1cc(C)nc(-n2nc(C)c(CC(=O)N3CCCc4c(N)cccc43)c2C)n1. The number of carbonyl (C=O) groups excluding carboxylic acids is 1. The second kappa shape index (κ2) is 7.31. The quantitative estimate of drug-likeness (QED) is 0.695. The van der Waals surface area contributed by atoms with Crippen molar-refractivity contribution < 1.29 is 4.79 Å². The standard InChI is InChI=1S/C22H26N6O/c1-13-11-14(2)25-22(24-13)28-16(4)18(15(3)26-28)12-21(29)27-10-6-7-17-19(23)8-5-9-20(17)27/h5,8-9,11H,6-7,10,12,23H2,1-4H3. The average Bonchev–Trinajstić information content (AvgIpc) is 2.95. The van der Waals surface area contributed by atoms with Gasteiger partial charge in [0.2, 0.25) is 5.91 Å². The molecule has 0 saturated heterocycles. The van der Waals surface area contributed by atoms with E-state index in [0.29, 0.717) is 12.5 Å². The summed E-state index contributed by atoms with van der Waals surface area (Å²) in [5, 5.41) is 4.62. The van der Waals surface area contributed by atoms with Crippen LogP contribution < -0.4 is 10.6 Å². The summed E-state index contributed by atoms with van der Waals surface area (Å²) in [6.45, 7) is 8.48. The van der Waals surface area contributed by atoms with Gasteiger partial charge in [-0.3, -0.25) is 4.79 Å². The van der Waals surface area contributed by atoms with Gasteiger partial charge in [-0.1, -0.05) is 6.07 Å². The van der Waals surface area contributed by atoms with Gasteiger partial charge in [0, 0.05) is 40.6 Å². The number of fused-ring (bicyclic) bond motifs is 1. The molecule has 2 aromatic heterocycles. The molecular weight excluding hydrogens is 364 g/mol. The molecule has 0 fully saturated rings. The predicted octanol–water partition coefficient (Wildman–Crippen LogP) is 3.00. The first-order valence-corrected chi connectivity index (χ1v) is 9.90. The average molecular weight is 390 g/mol. The molecule has 1 amide bonds. The fraction of sp³-hybridized carbons (Fsp3) is 0.364. The maximum Gasteiger partial charge on any atom is 0.251 e. The molecule has 1 aliphatic rings. The number of nitrogens with zero attached hydrogens (tertiary/aromatic N) is 5. The van der Waals surface area contributed by atoms with E-state index in [0.717, 1.165) is 58.1 Å². The van der Waals surface area contributed by atoms with Gasteiger partial charge in [0.25, 0.3) is 5.95 Å². The minimum Gasteiger partial charge on any atom is -0.398 e. The van der Waals surface area contributed by atoms with E-state index < -0.39 is 0 Å². The van der Waals surface area contributed by atoms with Gasteiger partial charge in [-0.25, -0.2) is 14.6 Å². The highest BCUT2D eigenvalue weighted by molar-refractivity contribution is 5.97. The Balaban J connectivity index is 1.65. The maximum atomic E-state index is 13.2. The lowest BCUT2D eigenvalue weighted by Crippen LogP contribution is -2.37. The molecule has 0 atom stereocenters. The second-order valence-electron chi connectivity index (χ2n) is 7.68. The Kier molecular flexibility index (Phi) is 4.82. The summed E-state index contributed by atoms with van der Waals surface area (Å²) in [5.41, 5.74) is 13.3. The number of carbonyl (C=O) groups is 1. The van der Waals surface area contributed by atoms with Crippen LogP contribution in [0.4, 0.5) is 11.4 Å². The van der Waals surface area contributed by atoms with Crippen molar-refractivity contribution in [1.29, 1.82) is 0 Å². The van der Waals surface area contributed by atoms with Crippen molar-refractivity contribution in [3.05, 3.63) is 58.2 Å². The van der Waals surface area contributed by atoms with E-state index in [2.05, 4.69) is 15.1 Å². The Morgan fingerprint density at radius 1 is 1.14 bits per heavy atom. The monoisotopic (exact) mass is 390 g/mol. The number of benzene rings is 1. The summed E-state index contributed by atoms with van der Waals surface area (Å²) >= 11 is 0. The molecule has 0 unspecified atom stereocenters. The fourth-order valence-corrected chi connectivity index (χ4v) is 4.08. The number of nitrogen functional groups attached to an aromatic ring is 1. The van der Waals surface area contributed by atoms with E-state index in [1.165, 1.54) is 0 Å². The Bertz CT molecular complexity index is 1080. The van der Waals surface area contributed by atoms with Gasteiger partial charge in [0.15, 0.2) is 0 Å². The lowest BCUT2D eigenvalue weighted by Gasteiger charge is -2.30. The zero-order chi connectivity index (χ0) is 20.7. The fourth-order valence-electron chi connectivity index (χ4n) is 4.08. The first-order chi connectivity index (χ1) is 13.8. The van der Waals surface area contributed by atoms with Crippen molar-refractivity contribution in [3.8, 4) is 5.95 Å². The summed E-state index contributed by atoms with van der Waals surface area (Å²) in [6, 6.07) is 7.72. The van der Waals surface area contributed by atoms with Crippen molar-refractivity contribution in [1.82, 2.24) is 19.7 Å². The second-order valence-corrected chi connectivity index (χ2v) is 7.68. The van der Waals surface area contributed by atoms with Gasteiger partial charge in [-0.05, 0) is 64.3 Å². The summed E-state index contributed by atoms with van der Waals surface area (Å²) in [6.07, 6.45) is 2.11. The highest BCUT2D eigenvalue weighted by atomic mass is 16.2. The van der Waals surface area contributed by atoms with Crippen LogP contribution in [0.2, 0.25) is 0 Å². The zero-order valence-electron chi connectivity index (χ0n) is 17.4. The third-order valence-corrected chi connectivity index (χ3v) is 5.52. The van der Waals surface area contributed by atoms with Gasteiger partial charge in [0.05, 0.1) is 12.1 Å². The van der Waals surface area contributed by atoms with Gasteiger partial charge in [-0.2, -0.15) is 5.10 Å². The molecule has 150 valence electrons. The van der Waals surface area contributed by atoms with Crippen molar-refractivity contribution in [3.63, 3.8) is 0 Å². The highest BCUT2D eigenvalue weighted by Gasteiger charge is 2.26. The van der Waals surface area contributed by atoms with Crippen LogP contribution in [0.25, 0.3) is 5.95 Å². The molecule has 7 nitrogen and oxygen atoms in total. The molecule has 1 aliphatic heterocycles. The smallest absolute Gasteiger partial charge is 0.251 e. The van der Waals surface area contributed by atoms with Crippen LogP contribution in [0.5, 0.6) is 0 Å².